The summed E-state index contributed by atoms with van der Waals surface area (Å²) in [4.78, 5) is 25.2. The predicted molar refractivity (Wildman–Crippen MR) is 71.2 cm³/mol. The molecule has 0 aromatic heterocycles. The van der Waals surface area contributed by atoms with Crippen LogP contribution in [-0.2, 0) is 9.59 Å². The van der Waals surface area contributed by atoms with Crippen molar-refractivity contribution in [3.63, 3.8) is 0 Å². The molecule has 1 saturated heterocycles. The molecule has 1 rings (SSSR count). The summed E-state index contributed by atoms with van der Waals surface area (Å²) in [5.41, 5.74) is 0. The Morgan fingerprint density at radius 3 is 2.61 bits per heavy atom. The number of amides is 2. The molecule has 5 heteroatoms. The highest BCUT2D eigenvalue weighted by molar-refractivity contribution is 5.82. The predicted octanol–water partition coefficient (Wildman–Crippen LogP) is 0.503. The van der Waals surface area contributed by atoms with Gasteiger partial charge < -0.3 is 15.5 Å². The summed E-state index contributed by atoms with van der Waals surface area (Å²) in [6.07, 6.45) is 3.22. The molecule has 2 amide bonds. The van der Waals surface area contributed by atoms with E-state index in [2.05, 4.69) is 10.6 Å². The van der Waals surface area contributed by atoms with Crippen LogP contribution in [0.1, 0.15) is 39.5 Å². The van der Waals surface area contributed by atoms with Crippen LogP contribution in [0, 0.1) is 0 Å². The average Bonchev–Trinajstić information content (AvgIpc) is 2.89. The Bertz CT molecular complexity index is 255. The maximum atomic E-state index is 11.7. The average molecular weight is 255 g/mol. The van der Waals surface area contributed by atoms with E-state index in [9.17, 15) is 9.59 Å². The molecule has 0 aromatic carbocycles. The zero-order valence-corrected chi connectivity index (χ0v) is 11.5. The first-order valence-electron chi connectivity index (χ1n) is 6.97. The summed E-state index contributed by atoms with van der Waals surface area (Å²) >= 11 is 0. The number of rotatable bonds is 7. The van der Waals surface area contributed by atoms with Crippen molar-refractivity contribution in [2.45, 2.75) is 45.6 Å². The molecule has 0 spiro atoms. The lowest BCUT2D eigenvalue weighted by molar-refractivity contribution is -0.131. The molecule has 1 unspecified atom stereocenters. The van der Waals surface area contributed by atoms with Crippen LogP contribution in [0.4, 0.5) is 0 Å². The number of hydrogen-bond donors (Lipinski definition) is 2. The number of nitrogens with one attached hydrogen (secondary N) is 2. The van der Waals surface area contributed by atoms with Crippen LogP contribution in [-0.4, -0.2) is 48.9 Å². The molecule has 0 radical (unpaired) electrons. The fraction of sp³-hybridized carbons (Fsp3) is 0.846. The number of hydrogen-bond acceptors (Lipinski definition) is 3. The molecule has 1 heterocycles. The molecule has 2 N–H and O–H groups in total. The number of carbonyl (C=O) groups is 2. The lowest BCUT2D eigenvalue weighted by atomic mass is 10.2. The van der Waals surface area contributed by atoms with Gasteiger partial charge in [-0.3, -0.25) is 9.59 Å². The van der Waals surface area contributed by atoms with Crippen LogP contribution < -0.4 is 10.6 Å². The van der Waals surface area contributed by atoms with Crippen molar-refractivity contribution in [2.24, 2.45) is 0 Å². The third-order valence-electron chi connectivity index (χ3n) is 3.36. The molecule has 1 aliphatic rings. The molecule has 5 nitrogen and oxygen atoms in total. The molecular weight excluding hydrogens is 230 g/mol. The van der Waals surface area contributed by atoms with Gasteiger partial charge in [0.2, 0.25) is 11.8 Å². The lowest BCUT2D eigenvalue weighted by Crippen LogP contribution is -2.41. The molecule has 0 bridgehead atoms. The molecule has 1 atom stereocenters. The molecule has 1 aliphatic heterocycles. The highest BCUT2D eigenvalue weighted by Gasteiger charge is 2.21. The minimum atomic E-state index is -0.0246. The Hall–Kier alpha value is -1.10. The van der Waals surface area contributed by atoms with E-state index in [0.29, 0.717) is 19.4 Å². The van der Waals surface area contributed by atoms with E-state index in [1.165, 1.54) is 0 Å². The van der Waals surface area contributed by atoms with E-state index in [-0.39, 0.29) is 17.9 Å². The minimum absolute atomic E-state index is 0.0246. The molecule has 104 valence electrons. The number of nitrogens with zero attached hydrogens (tertiary/aromatic N) is 1. The van der Waals surface area contributed by atoms with Crippen molar-refractivity contribution >= 4 is 11.8 Å². The van der Waals surface area contributed by atoms with Crippen LogP contribution >= 0.6 is 0 Å². The molecular formula is C13H25N3O2. The van der Waals surface area contributed by atoms with E-state index in [4.69, 9.17) is 0 Å². The van der Waals surface area contributed by atoms with E-state index < -0.39 is 0 Å². The monoisotopic (exact) mass is 255 g/mol. The smallest absolute Gasteiger partial charge is 0.237 e. The van der Waals surface area contributed by atoms with E-state index >= 15 is 0 Å². The largest absolute Gasteiger partial charge is 0.355 e. The number of carbonyl (C=O) groups excluding carboxylic acids is 2. The fourth-order valence-electron chi connectivity index (χ4n) is 2.22. The summed E-state index contributed by atoms with van der Waals surface area (Å²) in [6.45, 7) is 6.99. The summed E-state index contributed by atoms with van der Waals surface area (Å²) in [5, 5.41) is 6.04. The maximum absolute atomic E-state index is 11.7. The zero-order chi connectivity index (χ0) is 13.4. The Balaban J connectivity index is 2.10. The van der Waals surface area contributed by atoms with Gasteiger partial charge in [0.15, 0.2) is 0 Å². The molecule has 1 fully saturated rings. The van der Waals surface area contributed by atoms with Crippen LogP contribution in [0.25, 0.3) is 0 Å². The van der Waals surface area contributed by atoms with Gasteiger partial charge in [-0.1, -0.05) is 0 Å². The Morgan fingerprint density at radius 2 is 2.06 bits per heavy atom. The van der Waals surface area contributed by atoms with Crippen LogP contribution in [0.5, 0.6) is 0 Å². The Labute approximate surface area is 109 Å². The summed E-state index contributed by atoms with van der Waals surface area (Å²) in [7, 11) is 0. The lowest BCUT2D eigenvalue weighted by Gasteiger charge is -2.18. The first-order valence-corrected chi connectivity index (χ1v) is 6.97. The summed E-state index contributed by atoms with van der Waals surface area (Å²) in [6, 6.07) is -0.0246. The molecule has 18 heavy (non-hydrogen) atoms. The van der Waals surface area contributed by atoms with Crippen molar-refractivity contribution in [2.75, 3.05) is 26.2 Å². The van der Waals surface area contributed by atoms with Crippen LogP contribution in [0.15, 0.2) is 0 Å². The standard InChI is InChI=1S/C13H25N3O2/c1-3-16(4-2)12(17)8-6-10-15-13(18)11-7-5-9-14-11/h11,14H,3-10H2,1-2H3,(H,15,18). The highest BCUT2D eigenvalue weighted by atomic mass is 16.2. The van der Waals surface area contributed by atoms with Gasteiger partial charge in [0, 0.05) is 26.1 Å². The second-order valence-electron chi connectivity index (χ2n) is 4.61. The highest BCUT2D eigenvalue weighted by Crippen LogP contribution is 2.04. The fourth-order valence-corrected chi connectivity index (χ4v) is 2.22. The second-order valence-corrected chi connectivity index (χ2v) is 4.61. The first-order chi connectivity index (χ1) is 8.69. The van der Waals surface area contributed by atoms with Gasteiger partial charge >= 0.3 is 0 Å². The van der Waals surface area contributed by atoms with Crippen molar-refractivity contribution in [3.8, 4) is 0 Å². The van der Waals surface area contributed by atoms with Gasteiger partial charge in [0.25, 0.3) is 0 Å². The molecule has 0 aromatic rings. The van der Waals surface area contributed by atoms with Gasteiger partial charge in [-0.05, 0) is 39.7 Å². The van der Waals surface area contributed by atoms with Crippen LogP contribution in [0.2, 0.25) is 0 Å². The molecule has 0 aliphatic carbocycles. The van der Waals surface area contributed by atoms with Crippen molar-refractivity contribution in [1.82, 2.24) is 15.5 Å². The summed E-state index contributed by atoms with van der Waals surface area (Å²) < 4.78 is 0. The van der Waals surface area contributed by atoms with Gasteiger partial charge in [0.05, 0.1) is 6.04 Å². The SMILES string of the molecule is CCN(CC)C(=O)CCCNC(=O)C1CCCN1. The van der Waals surface area contributed by atoms with Crippen molar-refractivity contribution in [3.05, 3.63) is 0 Å². The van der Waals surface area contributed by atoms with Crippen molar-refractivity contribution < 1.29 is 9.59 Å². The minimum Gasteiger partial charge on any atom is -0.355 e. The third-order valence-corrected chi connectivity index (χ3v) is 3.36. The van der Waals surface area contributed by atoms with Gasteiger partial charge in [-0.25, -0.2) is 0 Å². The molecule has 0 saturated carbocycles. The van der Waals surface area contributed by atoms with E-state index in [0.717, 1.165) is 32.5 Å². The van der Waals surface area contributed by atoms with Gasteiger partial charge in [-0.2, -0.15) is 0 Å². The normalized spacial score (nSPS) is 18.7. The van der Waals surface area contributed by atoms with Crippen LogP contribution in [0.3, 0.4) is 0 Å². The van der Waals surface area contributed by atoms with E-state index in [1.807, 2.05) is 18.7 Å². The van der Waals surface area contributed by atoms with Gasteiger partial charge in [-0.15, -0.1) is 0 Å². The summed E-state index contributed by atoms with van der Waals surface area (Å²) in [5.74, 6) is 0.246. The van der Waals surface area contributed by atoms with E-state index in [1.54, 1.807) is 0 Å². The quantitative estimate of drug-likeness (QED) is 0.651. The zero-order valence-electron chi connectivity index (χ0n) is 11.5. The van der Waals surface area contributed by atoms with Crippen molar-refractivity contribution in [1.29, 1.82) is 0 Å². The maximum Gasteiger partial charge on any atom is 0.237 e. The Morgan fingerprint density at radius 1 is 1.33 bits per heavy atom. The topological polar surface area (TPSA) is 61.4 Å². The Kier molecular flexibility index (Phi) is 6.72. The van der Waals surface area contributed by atoms with Gasteiger partial charge in [0.1, 0.15) is 0 Å². The second kappa shape index (κ2) is 8.08. The first kappa shape index (κ1) is 15.0. The third kappa shape index (κ3) is 4.64.